The van der Waals surface area contributed by atoms with Crippen LogP contribution in [0.1, 0.15) is 13.8 Å². The molecule has 0 saturated carbocycles. The fourth-order valence-corrected chi connectivity index (χ4v) is 2.05. The molecule has 4 nitrogen and oxygen atoms in total. The molecule has 0 amide bonds. The van der Waals surface area contributed by atoms with Gasteiger partial charge in [-0.3, -0.25) is 0 Å². The van der Waals surface area contributed by atoms with Gasteiger partial charge in [0, 0.05) is 32.5 Å². The van der Waals surface area contributed by atoms with Gasteiger partial charge in [-0.1, -0.05) is 15.9 Å². The maximum absolute atomic E-state index is 5.85. The van der Waals surface area contributed by atoms with E-state index in [0.717, 1.165) is 4.47 Å². The van der Waals surface area contributed by atoms with Crippen molar-refractivity contribution in [1.29, 1.82) is 0 Å². The van der Waals surface area contributed by atoms with E-state index in [4.69, 9.17) is 18.9 Å². The lowest BCUT2D eigenvalue weighted by Crippen LogP contribution is -2.62. The quantitative estimate of drug-likeness (QED) is 0.842. The Morgan fingerprint density at radius 3 is 2.06 bits per heavy atom. The lowest BCUT2D eigenvalue weighted by atomic mass is 10.1. The van der Waals surface area contributed by atoms with E-state index in [1.54, 1.807) is 28.1 Å². The molecule has 17 heavy (non-hydrogen) atoms. The van der Waals surface area contributed by atoms with Crippen molar-refractivity contribution < 1.29 is 18.9 Å². The van der Waals surface area contributed by atoms with Crippen molar-refractivity contribution in [2.24, 2.45) is 0 Å². The number of fused-ring (bicyclic) bond motifs is 1. The number of rotatable bonds is 2. The predicted octanol–water partition coefficient (Wildman–Crippen LogP) is 2.95. The van der Waals surface area contributed by atoms with Crippen molar-refractivity contribution in [2.45, 2.75) is 25.4 Å². The number of hydrogen-bond acceptors (Lipinski definition) is 4. The first-order valence-electron chi connectivity index (χ1n) is 5.22. The summed E-state index contributed by atoms with van der Waals surface area (Å²) in [5.41, 5.74) is 0. The maximum atomic E-state index is 5.85. The second-order valence-corrected chi connectivity index (χ2v) is 5.01. The van der Waals surface area contributed by atoms with Gasteiger partial charge in [-0.25, -0.2) is 0 Å². The summed E-state index contributed by atoms with van der Waals surface area (Å²) >= 11 is 3.39. The molecule has 2 rings (SSSR count). The molecule has 2 atom stereocenters. The maximum Gasteiger partial charge on any atom is 0.273 e. The van der Waals surface area contributed by atoms with Gasteiger partial charge in [-0.15, -0.1) is 0 Å². The van der Waals surface area contributed by atoms with E-state index in [1.165, 1.54) is 0 Å². The molecule has 0 fully saturated rings. The summed E-state index contributed by atoms with van der Waals surface area (Å²) in [5, 5.41) is 0. The Kier molecular flexibility index (Phi) is 3.10. The van der Waals surface area contributed by atoms with E-state index < -0.39 is 11.6 Å². The smallest absolute Gasteiger partial charge is 0.273 e. The molecule has 0 bridgehead atoms. The Morgan fingerprint density at radius 1 is 1.00 bits per heavy atom. The van der Waals surface area contributed by atoms with Crippen molar-refractivity contribution in [3.8, 4) is 11.5 Å². The first-order valence-corrected chi connectivity index (χ1v) is 6.01. The van der Waals surface area contributed by atoms with Crippen LogP contribution in [0.15, 0.2) is 22.7 Å². The van der Waals surface area contributed by atoms with Crippen LogP contribution in [0.3, 0.4) is 0 Å². The molecule has 0 N–H and O–H groups in total. The van der Waals surface area contributed by atoms with E-state index in [-0.39, 0.29) is 0 Å². The van der Waals surface area contributed by atoms with Gasteiger partial charge in [0.2, 0.25) is 0 Å². The van der Waals surface area contributed by atoms with Gasteiger partial charge in [0.25, 0.3) is 11.6 Å². The summed E-state index contributed by atoms with van der Waals surface area (Å²) in [5.74, 6) is -0.747. The van der Waals surface area contributed by atoms with E-state index in [2.05, 4.69) is 15.9 Å². The third kappa shape index (κ3) is 1.92. The van der Waals surface area contributed by atoms with Gasteiger partial charge in [0.1, 0.15) is 0 Å². The Morgan fingerprint density at radius 2 is 1.53 bits per heavy atom. The number of methoxy groups -OCH3 is 2. The Balaban J connectivity index is 2.47. The van der Waals surface area contributed by atoms with Crippen LogP contribution in [0.5, 0.6) is 11.5 Å². The molecule has 0 spiro atoms. The molecule has 0 aromatic heterocycles. The first-order chi connectivity index (χ1) is 7.94. The molecule has 0 radical (unpaired) electrons. The Hall–Kier alpha value is -0.780. The van der Waals surface area contributed by atoms with E-state index >= 15 is 0 Å². The van der Waals surface area contributed by atoms with Gasteiger partial charge < -0.3 is 18.9 Å². The van der Waals surface area contributed by atoms with Crippen LogP contribution < -0.4 is 9.47 Å². The van der Waals surface area contributed by atoms with Crippen LogP contribution in [-0.4, -0.2) is 25.8 Å². The average molecular weight is 303 g/mol. The fourth-order valence-electron chi connectivity index (χ4n) is 1.71. The highest BCUT2D eigenvalue weighted by atomic mass is 79.9. The minimum absolute atomic E-state index is 0.623. The average Bonchev–Trinajstić information content (AvgIpc) is 2.31. The van der Waals surface area contributed by atoms with E-state index in [9.17, 15) is 0 Å². The largest absolute Gasteiger partial charge is 0.452 e. The zero-order valence-corrected chi connectivity index (χ0v) is 11.8. The second kappa shape index (κ2) is 4.15. The minimum Gasteiger partial charge on any atom is -0.452 e. The molecule has 0 saturated heterocycles. The number of hydrogen-bond donors (Lipinski definition) is 0. The molecule has 1 aromatic rings. The van der Waals surface area contributed by atoms with Gasteiger partial charge in [0.05, 0.1) is 0 Å². The predicted molar refractivity (Wildman–Crippen MR) is 66.2 cm³/mol. The summed E-state index contributed by atoms with van der Waals surface area (Å²) in [4.78, 5) is 0. The van der Waals surface area contributed by atoms with Crippen LogP contribution in [-0.2, 0) is 9.47 Å². The van der Waals surface area contributed by atoms with Crippen LogP contribution in [0, 0.1) is 0 Å². The van der Waals surface area contributed by atoms with Crippen molar-refractivity contribution >= 4 is 15.9 Å². The highest BCUT2D eigenvalue weighted by Gasteiger charge is 2.54. The summed E-state index contributed by atoms with van der Waals surface area (Å²) < 4.78 is 23.4. The van der Waals surface area contributed by atoms with Crippen molar-refractivity contribution in [2.75, 3.05) is 14.2 Å². The van der Waals surface area contributed by atoms with Gasteiger partial charge >= 0.3 is 0 Å². The normalized spacial score (nSPS) is 31.4. The highest BCUT2D eigenvalue weighted by Crippen LogP contribution is 2.44. The summed E-state index contributed by atoms with van der Waals surface area (Å²) in [6.07, 6.45) is 0. The van der Waals surface area contributed by atoms with Crippen molar-refractivity contribution in [3.63, 3.8) is 0 Å². The van der Waals surface area contributed by atoms with Crippen LogP contribution >= 0.6 is 15.9 Å². The van der Waals surface area contributed by atoms with Crippen LogP contribution in [0.2, 0.25) is 0 Å². The topological polar surface area (TPSA) is 36.9 Å². The minimum atomic E-state index is -1.00. The molecule has 1 aliphatic heterocycles. The molecular weight excluding hydrogens is 288 g/mol. The van der Waals surface area contributed by atoms with E-state index in [0.29, 0.717) is 11.5 Å². The zero-order valence-electron chi connectivity index (χ0n) is 10.2. The van der Waals surface area contributed by atoms with Gasteiger partial charge in [-0.2, -0.15) is 0 Å². The Labute approximate surface area is 109 Å². The molecule has 0 aliphatic carbocycles. The van der Waals surface area contributed by atoms with Crippen LogP contribution in [0.4, 0.5) is 0 Å². The molecule has 5 heteroatoms. The molecule has 1 aromatic carbocycles. The standard InChI is InChI=1S/C12H15BrO4/c1-11(14-3)12(2,15-4)17-10-7-8(13)5-6-9(10)16-11/h5-7H,1-4H3. The molecule has 1 heterocycles. The Bertz CT molecular complexity index is 437. The van der Waals surface area contributed by atoms with Gasteiger partial charge in [0.15, 0.2) is 11.5 Å². The fraction of sp³-hybridized carbons (Fsp3) is 0.500. The lowest BCUT2D eigenvalue weighted by molar-refractivity contribution is -0.345. The van der Waals surface area contributed by atoms with Gasteiger partial charge in [-0.05, 0) is 18.2 Å². The summed E-state index contributed by atoms with van der Waals surface area (Å²) in [6.45, 7) is 3.56. The number of ether oxygens (including phenoxy) is 4. The number of halogens is 1. The van der Waals surface area contributed by atoms with E-state index in [1.807, 2.05) is 18.2 Å². The highest BCUT2D eigenvalue weighted by molar-refractivity contribution is 9.10. The molecular formula is C12H15BrO4. The third-order valence-electron chi connectivity index (χ3n) is 3.12. The SMILES string of the molecule is COC1(C)Oc2ccc(Br)cc2OC1(C)OC. The lowest BCUT2D eigenvalue weighted by Gasteiger charge is -2.46. The zero-order chi connectivity index (χ0) is 12.7. The monoisotopic (exact) mass is 302 g/mol. The van der Waals surface area contributed by atoms with Crippen molar-refractivity contribution in [1.82, 2.24) is 0 Å². The molecule has 1 aliphatic rings. The summed E-state index contributed by atoms with van der Waals surface area (Å²) in [7, 11) is 3.12. The molecule has 2 unspecified atom stereocenters. The summed E-state index contributed by atoms with van der Waals surface area (Å²) in [6, 6.07) is 5.54. The molecule has 94 valence electrons. The second-order valence-electron chi connectivity index (χ2n) is 4.09. The van der Waals surface area contributed by atoms with Crippen molar-refractivity contribution in [3.05, 3.63) is 22.7 Å². The van der Waals surface area contributed by atoms with Crippen LogP contribution in [0.25, 0.3) is 0 Å². The number of benzene rings is 1. The first kappa shape index (κ1) is 12.7. The third-order valence-corrected chi connectivity index (χ3v) is 3.61.